The molecule has 1 heterocycles. The van der Waals surface area contributed by atoms with Gasteiger partial charge in [-0.1, -0.05) is 30.3 Å². The molecule has 0 aliphatic carbocycles. The summed E-state index contributed by atoms with van der Waals surface area (Å²) in [6.07, 6.45) is 3.41. The highest BCUT2D eigenvalue weighted by molar-refractivity contribution is 5.98. The van der Waals surface area contributed by atoms with Crippen LogP contribution in [-0.4, -0.2) is 36.5 Å². The molecule has 0 N–H and O–H groups in total. The lowest BCUT2D eigenvalue weighted by Crippen LogP contribution is -2.32. The first-order chi connectivity index (χ1) is 10.2. The number of likely N-dealkylation sites (tertiary alicyclic amines) is 1. The Morgan fingerprint density at radius 2 is 1.90 bits per heavy atom. The van der Waals surface area contributed by atoms with Crippen LogP contribution in [0.5, 0.6) is 0 Å². The van der Waals surface area contributed by atoms with Crippen molar-refractivity contribution in [2.75, 3.05) is 19.7 Å². The Balaban J connectivity index is 1.93. The Kier molecular flexibility index (Phi) is 5.10. The van der Waals surface area contributed by atoms with E-state index < -0.39 is 5.97 Å². The summed E-state index contributed by atoms with van der Waals surface area (Å²) in [5.74, 6) is -0.980. The smallest absolute Gasteiger partial charge is 0.349 e. The quantitative estimate of drug-likeness (QED) is 0.480. The van der Waals surface area contributed by atoms with E-state index in [1.54, 1.807) is 23.1 Å². The summed E-state index contributed by atoms with van der Waals surface area (Å²) in [5.41, 5.74) is 0.618. The first kappa shape index (κ1) is 14.8. The van der Waals surface area contributed by atoms with Crippen molar-refractivity contribution in [3.8, 4) is 6.07 Å². The van der Waals surface area contributed by atoms with Crippen LogP contribution >= 0.6 is 0 Å². The zero-order valence-electron chi connectivity index (χ0n) is 11.6. The number of hydrogen-bond donors (Lipinski definition) is 0. The third-order valence-corrected chi connectivity index (χ3v) is 3.24. The van der Waals surface area contributed by atoms with Gasteiger partial charge in [0.1, 0.15) is 11.6 Å². The van der Waals surface area contributed by atoms with Crippen LogP contribution in [0, 0.1) is 11.3 Å². The van der Waals surface area contributed by atoms with Crippen LogP contribution in [-0.2, 0) is 14.3 Å². The lowest BCUT2D eigenvalue weighted by Gasteiger charge is -2.14. The van der Waals surface area contributed by atoms with Gasteiger partial charge in [-0.3, -0.25) is 4.79 Å². The molecule has 5 heteroatoms. The van der Waals surface area contributed by atoms with Gasteiger partial charge < -0.3 is 9.64 Å². The Bertz CT molecular complexity index is 581. The van der Waals surface area contributed by atoms with E-state index in [0.717, 1.165) is 18.4 Å². The fourth-order valence-corrected chi connectivity index (χ4v) is 2.12. The molecule has 0 bridgehead atoms. The van der Waals surface area contributed by atoms with Crippen molar-refractivity contribution in [2.45, 2.75) is 12.8 Å². The van der Waals surface area contributed by atoms with Crippen LogP contribution in [0.1, 0.15) is 18.4 Å². The summed E-state index contributed by atoms with van der Waals surface area (Å²) in [4.78, 5) is 25.2. The number of benzene rings is 1. The second-order valence-corrected chi connectivity index (χ2v) is 4.74. The van der Waals surface area contributed by atoms with E-state index in [-0.39, 0.29) is 18.1 Å². The molecule has 0 spiro atoms. The Hall–Kier alpha value is -2.61. The number of rotatable bonds is 4. The number of amides is 1. The molecule has 1 aromatic carbocycles. The third kappa shape index (κ3) is 4.18. The lowest BCUT2D eigenvalue weighted by molar-refractivity contribution is -0.148. The van der Waals surface area contributed by atoms with E-state index in [9.17, 15) is 9.59 Å². The monoisotopic (exact) mass is 284 g/mol. The molecule has 0 atom stereocenters. The molecule has 1 aliphatic heterocycles. The molecule has 21 heavy (non-hydrogen) atoms. The van der Waals surface area contributed by atoms with Gasteiger partial charge in [-0.05, 0) is 24.5 Å². The van der Waals surface area contributed by atoms with Crippen molar-refractivity contribution >= 4 is 18.0 Å². The van der Waals surface area contributed by atoms with Crippen LogP contribution < -0.4 is 0 Å². The van der Waals surface area contributed by atoms with Crippen molar-refractivity contribution in [2.24, 2.45) is 0 Å². The fraction of sp³-hybridized carbons (Fsp3) is 0.312. The molecule has 1 aromatic rings. The van der Waals surface area contributed by atoms with Crippen molar-refractivity contribution in [1.82, 2.24) is 4.90 Å². The minimum Gasteiger partial charge on any atom is -0.451 e. The van der Waals surface area contributed by atoms with E-state index in [4.69, 9.17) is 10.00 Å². The van der Waals surface area contributed by atoms with Crippen LogP contribution in [0.15, 0.2) is 35.9 Å². The third-order valence-electron chi connectivity index (χ3n) is 3.24. The van der Waals surface area contributed by atoms with Crippen molar-refractivity contribution < 1.29 is 14.3 Å². The number of carbonyl (C=O) groups excluding carboxylic acids is 2. The van der Waals surface area contributed by atoms with Crippen molar-refractivity contribution in [3.05, 3.63) is 41.5 Å². The highest BCUT2D eigenvalue weighted by Gasteiger charge is 2.20. The van der Waals surface area contributed by atoms with Crippen LogP contribution in [0.3, 0.4) is 0 Å². The molecule has 2 rings (SSSR count). The van der Waals surface area contributed by atoms with E-state index >= 15 is 0 Å². The second kappa shape index (κ2) is 7.25. The normalized spacial score (nSPS) is 14.6. The SMILES string of the molecule is N#CC(=Cc1ccccc1)C(=O)OCC(=O)N1CCCC1. The Labute approximate surface area is 123 Å². The Morgan fingerprint density at radius 1 is 1.24 bits per heavy atom. The van der Waals surface area contributed by atoms with Crippen LogP contribution in [0.4, 0.5) is 0 Å². The fourth-order valence-electron chi connectivity index (χ4n) is 2.12. The first-order valence-electron chi connectivity index (χ1n) is 6.82. The molecule has 1 amide bonds. The van der Waals surface area contributed by atoms with E-state index in [1.165, 1.54) is 6.08 Å². The van der Waals surface area contributed by atoms with Gasteiger partial charge in [-0.2, -0.15) is 5.26 Å². The van der Waals surface area contributed by atoms with Gasteiger partial charge in [0.25, 0.3) is 5.91 Å². The first-order valence-corrected chi connectivity index (χ1v) is 6.82. The predicted octanol–water partition coefficient (Wildman–Crippen LogP) is 1.76. The van der Waals surface area contributed by atoms with Gasteiger partial charge in [0.15, 0.2) is 6.61 Å². The summed E-state index contributed by atoms with van der Waals surface area (Å²) < 4.78 is 4.92. The molecule has 0 aromatic heterocycles. The molecule has 5 nitrogen and oxygen atoms in total. The van der Waals surface area contributed by atoms with E-state index in [2.05, 4.69) is 0 Å². The van der Waals surface area contributed by atoms with Gasteiger partial charge in [0, 0.05) is 13.1 Å². The standard InChI is InChI=1S/C16H16N2O3/c17-11-14(10-13-6-2-1-3-7-13)16(20)21-12-15(19)18-8-4-5-9-18/h1-3,6-7,10H,4-5,8-9,12H2. The van der Waals surface area contributed by atoms with Gasteiger partial charge in [0.05, 0.1) is 0 Å². The average Bonchev–Trinajstić information content (AvgIpc) is 3.05. The van der Waals surface area contributed by atoms with Crippen LogP contribution in [0.2, 0.25) is 0 Å². The molecule has 0 saturated carbocycles. The molecule has 108 valence electrons. The minimum atomic E-state index is -0.770. The number of nitriles is 1. The number of hydrogen-bond acceptors (Lipinski definition) is 4. The largest absolute Gasteiger partial charge is 0.451 e. The zero-order chi connectivity index (χ0) is 15.1. The summed E-state index contributed by atoms with van der Waals surface area (Å²) in [6.45, 7) is 1.11. The maximum Gasteiger partial charge on any atom is 0.349 e. The lowest BCUT2D eigenvalue weighted by atomic mass is 10.1. The molecular weight excluding hydrogens is 268 g/mol. The molecule has 1 aliphatic rings. The van der Waals surface area contributed by atoms with Gasteiger partial charge in [0.2, 0.25) is 0 Å². The molecule has 1 saturated heterocycles. The predicted molar refractivity (Wildman–Crippen MR) is 76.8 cm³/mol. The number of esters is 1. The minimum absolute atomic E-state index is 0.115. The van der Waals surface area contributed by atoms with E-state index in [0.29, 0.717) is 13.1 Å². The van der Waals surface area contributed by atoms with Crippen molar-refractivity contribution in [3.63, 3.8) is 0 Å². The molecule has 0 radical (unpaired) electrons. The second-order valence-electron chi connectivity index (χ2n) is 4.74. The molecular formula is C16H16N2O3. The highest BCUT2D eigenvalue weighted by atomic mass is 16.5. The van der Waals surface area contributed by atoms with Gasteiger partial charge >= 0.3 is 5.97 Å². The van der Waals surface area contributed by atoms with Crippen LogP contribution in [0.25, 0.3) is 6.08 Å². The molecule has 1 fully saturated rings. The molecule has 0 unspecified atom stereocenters. The number of carbonyl (C=O) groups is 2. The van der Waals surface area contributed by atoms with Crippen molar-refractivity contribution in [1.29, 1.82) is 5.26 Å². The van der Waals surface area contributed by atoms with E-state index in [1.807, 2.05) is 18.2 Å². The van der Waals surface area contributed by atoms with Gasteiger partial charge in [-0.25, -0.2) is 4.79 Å². The number of ether oxygens (including phenoxy) is 1. The zero-order valence-corrected chi connectivity index (χ0v) is 11.6. The topological polar surface area (TPSA) is 70.4 Å². The maximum atomic E-state index is 11.8. The summed E-state index contributed by atoms with van der Waals surface area (Å²) in [6, 6.07) is 10.8. The average molecular weight is 284 g/mol. The Morgan fingerprint density at radius 3 is 2.52 bits per heavy atom. The summed E-state index contributed by atoms with van der Waals surface area (Å²) in [5, 5.41) is 9.02. The summed E-state index contributed by atoms with van der Waals surface area (Å²) in [7, 11) is 0. The highest BCUT2D eigenvalue weighted by Crippen LogP contribution is 2.09. The summed E-state index contributed by atoms with van der Waals surface area (Å²) >= 11 is 0. The number of nitrogens with zero attached hydrogens (tertiary/aromatic N) is 2. The van der Waals surface area contributed by atoms with Gasteiger partial charge in [-0.15, -0.1) is 0 Å². The maximum absolute atomic E-state index is 11.8.